The summed E-state index contributed by atoms with van der Waals surface area (Å²) in [5.41, 5.74) is 0. The highest BCUT2D eigenvalue weighted by Crippen LogP contribution is 2.43. The third-order valence-electron chi connectivity index (χ3n) is 8.42. The fraction of sp³-hybridized carbons (Fsp3) is 0.542. The van der Waals surface area contributed by atoms with Crippen LogP contribution in [0.2, 0.25) is 0 Å². The van der Waals surface area contributed by atoms with Crippen molar-refractivity contribution in [2.24, 2.45) is 0 Å². The minimum atomic E-state index is -4.89. The van der Waals surface area contributed by atoms with E-state index in [9.17, 15) is 33.8 Å². The maximum Gasteiger partial charge on any atom is 0.472 e. The zero-order valence-corrected chi connectivity index (χ0v) is 39.7. The van der Waals surface area contributed by atoms with Gasteiger partial charge in [0.1, 0.15) is 12.7 Å². The summed E-state index contributed by atoms with van der Waals surface area (Å²) in [6.07, 6.45) is 49.5. The van der Waals surface area contributed by atoms with Crippen LogP contribution in [0.4, 0.5) is 0 Å². The van der Waals surface area contributed by atoms with Crippen molar-refractivity contribution in [2.75, 3.05) is 26.4 Å². The molecule has 0 saturated carbocycles. The molecular formula is C48H76O14P2. The van der Waals surface area contributed by atoms with Gasteiger partial charge in [-0.15, -0.1) is 0 Å². The van der Waals surface area contributed by atoms with Crippen LogP contribution in [-0.4, -0.2) is 81.6 Å². The molecule has 0 aromatic heterocycles. The van der Waals surface area contributed by atoms with E-state index in [2.05, 4.69) is 89.7 Å². The fourth-order valence-corrected chi connectivity index (χ4v) is 6.19. The van der Waals surface area contributed by atoms with E-state index in [1.165, 1.54) is 19.3 Å². The molecule has 16 heteroatoms. The van der Waals surface area contributed by atoms with Crippen molar-refractivity contribution in [3.8, 4) is 0 Å². The fourth-order valence-electron chi connectivity index (χ4n) is 5.03. The summed E-state index contributed by atoms with van der Waals surface area (Å²) in [5.74, 6) is -1.27. The molecule has 14 nitrogen and oxygen atoms in total. The summed E-state index contributed by atoms with van der Waals surface area (Å²) in [4.78, 5) is 52.7. The highest BCUT2D eigenvalue weighted by Gasteiger charge is 2.28. The molecule has 0 aliphatic heterocycles. The Balaban J connectivity index is 4.82. The minimum absolute atomic E-state index is 0.0307. The number of ether oxygens (including phenoxy) is 2. The van der Waals surface area contributed by atoms with Crippen molar-refractivity contribution in [1.82, 2.24) is 0 Å². The maximum absolute atomic E-state index is 12.6. The summed E-state index contributed by atoms with van der Waals surface area (Å²) in [6.45, 7) is 1.34. The molecule has 0 fully saturated rings. The van der Waals surface area contributed by atoms with Gasteiger partial charge in [-0.2, -0.15) is 0 Å². The molecule has 0 aromatic carbocycles. The number of rotatable bonds is 40. The Morgan fingerprint density at radius 1 is 0.531 bits per heavy atom. The zero-order valence-electron chi connectivity index (χ0n) is 37.9. The van der Waals surface area contributed by atoms with Gasteiger partial charge in [0, 0.05) is 12.8 Å². The van der Waals surface area contributed by atoms with E-state index in [1.54, 1.807) is 18.2 Å². The molecule has 0 heterocycles. The van der Waals surface area contributed by atoms with Gasteiger partial charge in [-0.3, -0.25) is 23.2 Å². The number of hydrogen-bond acceptors (Lipinski definition) is 11. The van der Waals surface area contributed by atoms with Gasteiger partial charge in [-0.05, 0) is 83.5 Å². The monoisotopic (exact) mass is 938 g/mol. The minimum Gasteiger partial charge on any atom is -0.462 e. The lowest BCUT2D eigenvalue weighted by atomic mass is 10.2. The van der Waals surface area contributed by atoms with E-state index >= 15 is 0 Å². The second-order valence-electron chi connectivity index (χ2n) is 14.4. The highest BCUT2D eigenvalue weighted by atomic mass is 31.2. The first-order valence-electron chi connectivity index (χ1n) is 22.3. The lowest BCUT2D eigenvalue weighted by Crippen LogP contribution is -2.29. The molecule has 0 bridgehead atoms. The molecule has 4 atom stereocenters. The number of aliphatic hydroxyl groups is 2. The van der Waals surface area contributed by atoms with Crippen LogP contribution in [0.3, 0.4) is 0 Å². The Bertz CT molecular complexity index is 1600. The number of carbonyl (C=O) groups is 2. The average molecular weight is 939 g/mol. The second kappa shape index (κ2) is 42.1. The standard InChI is InChI=1S/C48H76O14P2/c1-3-5-7-9-11-13-14-15-16-17-18-19-20-21-22-24-26-30-35-39-48(52)62-46(43-61-64(56,57)60-41-45(50)40-59-63(53,54)55)42-58-47(51)38-34-31-27-29-33-37-44(49)36-32-28-25-23-12-10-8-6-4-2/h5,7,11-13,15-16,18-19,21-23,26-30,32-33,37,44-46,49-50H,3-4,6,8-10,14,17,20,24-25,31,34-36,38-43H2,1-2H3,(H,56,57)(H2,53,54,55)/b7-5-,13-11-,16-15-,19-18-,22-21-,23-12-,29-27+,30-26-,32-28-,37-33-/t44?,45-,46+/m0/s1. The van der Waals surface area contributed by atoms with E-state index in [0.29, 0.717) is 32.1 Å². The number of carbonyl (C=O) groups excluding carboxylic acids is 2. The van der Waals surface area contributed by atoms with Crippen LogP contribution in [0.25, 0.3) is 0 Å². The molecule has 362 valence electrons. The molecule has 0 aliphatic carbocycles. The number of phosphoric acid groups is 2. The van der Waals surface area contributed by atoms with Crippen LogP contribution in [0.15, 0.2) is 122 Å². The van der Waals surface area contributed by atoms with Crippen LogP contribution in [0, 0.1) is 0 Å². The number of esters is 2. The molecule has 64 heavy (non-hydrogen) atoms. The molecule has 0 aliphatic rings. The largest absolute Gasteiger partial charge is 0.472 e. The molecule has 0 spiro atoms. The van der Waals surface area contributed by atoms with Crippen molar-refractivity contribution in [1.29, 1.82) is 0 Å². The van der Waals surface area contributed by atoms with E-state index in [0.717, 1.165) is 44.9 Å². The van der Waals surface area contributed by atoms with Crippen LogP contribution < -0.4 is 0 Å². The summed E-state index contributed by atoms with van der Waals surface area (Å²) in [6, 6.07) is 0. The smallest absolute Gasteiger partial charge is 0.462 e. The predicted octanol–water partition coefficient (Wildman–Crippen LogP) is 10.6. The first-order chi connectivity index (χ1) is 30.8. The second-order valence-corrected chi connectivity index (χ2v) is 17.1. The van der Waals surface area contributed by atoms with Gasteiger partial charge in [0.2, 0.25) is 0 Å². The van der Waals surface area contributed by atoms with Gasteiger partial charge < -0.3 is 34.4 Å². The molecule has 0 radical (unpaired) electrons. The summed E-state index contributed by atoms with van der Waals surface area (Å²) in [5, 5.41) is 19.9. The zero-order chi connectivity index (χ0) is 47.4. The van der Waals surface area contributed by atoms with Crippen molar-refractivity contribution >= 4 is 27.6 Å². The third kappa shape index (κ3) is 45.1. The normalized spacial score (nSPS) is 15.5. The van der Waals surface area contributed by atoms with Crippen LogP contribution >= 0.6 is 15.6 Å². The number of unbranched alkanes of at least 4 members (excludes halogenated alkanes) is 4. The molecule has 2 unspecified atom stereocenters. The van der Waals surface area contributed by atoms with Crippen LogP contribution in [-0.2, 0) is 41.8 Å². The maximum atomic E-state index is 12.6. The summed E-state index contributed by atoms with van der Waals surface area (Å²) >= 11 is 0. The Labute approximate surface area is 382 Å². The van der Waals surface area contributed by atoms with Crippen LogP contribution in [0.5, 0.6) is 0 Å². The van der Waals surface area contributed by atoms with Gasteiger partial charge in [0.15, 0.2) is 6.10 Å². The summed E-state index contributed by atoms with van der Waals surface area (Å²) in [7, 11) is -9.76. The Morgan fingerprint density at radius 2 is 1.05 bits per heavy atom. The van der Waals surface area contributed by atoms with Gasteiger partial charge >= 0.3 is 27.6 Å². The topological polar surface area (TPSA) is 216 Å². The molecule has 0 rings (SSSR count). The van der Waals surface area contributed by atoms with E-state index in [1.807, 2.05) is 36.5 Å². The first-order valence-corrected chi connectivity index (χ1v) is 25.4. The van der Waals surface area contributed by atoms with E-state index in [-0.39, 0.29) is 12.8 Å². The van der Waals surface area contributed by atoms with E-state index in [4.69, 9.17) is 23.8 Å². The molecule has 0 aromatic rings. The van der Waals surface area contributed by atoms with Crippen molar-refractivity contribution in [3.63, 3.8) is 0 Å². The number of allylic oxidation sites excluding steroid dienone is 18. The number of hydrogen-bond donors (Lipinski definition) is 5. The van der Waals surface area contributed by atoms with Gasteiger partial charge in [0.25, 0.3) is 0 Å². The van der Waals surface area contributed by atoms with Gasteiger partial charge in [0.05, 0.1) is 25.9 Å². The third-order valence-corrected chi connectivity index (χ3v) is 9.85. The van der Waals surface area contributed by atoms with Crippen molar-refractivity contribution in [2.45, 2.75) is 141 Å². The molecule has 0 amide bonds. The average Bonchev–Trinajstić information content (AvgIpc) is 3.25. The molecule has 5 N–H and O–H groups in total. The lowest BCUT2D eigenvalue weighted by molar-refractivity contribution is -0.161. The van der Waals surface area contributed by atoms with Crippen LogP contribution in [0.1, 0.15) is 123 Å². The highest BCUT2D eigenvalue weighted by molar-refractivity contribution is 7.47. The first kappa shape index (κ1) is 60.5. The Hall–Kier alpha value is -3.52. The van der Waals surface area contributed by atoms with Gasteiger partial charge in [-0.1, -0.05) is 148 Å². The van der Waals surface area contributed by atoms with E-state index < -0.39 is 72.3 Å². The SMILES string of the molecule is CC/C=C\C/C=C\C/C=C\C/C=C\C/C=C\C/C=C\CCC(=O)O[C@H](COC(=O)CCC/C=C/C=C\C(O)C/C=C\C/C=C\CCCCC)COP(=O)(O)OC[C@@H](O)COP(=O)(O)O. The van der Waals surface area contributed by atoms with Crippen molar-refractivity contribution < 1.29 is 66.7 Å². The number of aliphatic hydroxyl groups excluding tert-OH is 2. The lowest BCUT2D eigenvalue weighted by Gasteiger charge is -2.20. The molecular weight excluding hydrogens is 862 g/mol. The molecule has 0 saturated heterocycles. The quantitative estimate of drug-likeness (QED) is 0.0127. The Kier molecular flexibility index (Phi) is 39.8. The van der Waals surface area contributed by atoms with Gasteiger partial charge in [-0.25, -0.2) is 9.13 Å². The summed E-state index contributed by atoms with van der Waals surface area (Å²) < 4.78 is 47.6. The Morgan fingerprint density at radius 3 is 1.62 bits per heavy atom. The predicted molar refractivity (Wildman–Crippen MR) is 254 cm³/mol. The number of phosphoric ester groups is 2. The van der Waals surface area contributed by atoms with Crippen molar-refractivity contribution in [3.05, 3.63) is 122 Å².